The first-order valence-electron chi connectivity index (χ1n) is 7.28. The Morgan fingerprint density at radius 3 is 2.48 bits per heavy atom. The Morgan fingerprint density at radius 1 is 1.26 bits per heavy atom. The number of rotatable bonds is 7. The lowest BCUT2D eigenvalue weighted by Gasteiger charge is -2.22. The van der Waals surface area contributed by atoms with Crippen molar-refractivity contribution < 1.29 is 24.2 Å². The fourth-order valence-corrected chi connectivity index (χ4v) is 1.68. The Hall–Kier alpha value is -2.34. The maximum absolute atomic E-state index is 11.8. The van der Waals surface area contributed by atoms with E-state index >= 15 is 0 Å². The lowest BCUT2D eigenvalue weighted by Crippen LogP contribution is -2.40. The minimum Gasteiger partial charge on any atom is -0.478 e. The van der Waals surface area contributed by atoms with Crippen LogP contribution in [-0.4, -0.2) is 35.4 Å². The Labute approximate surface area is 136 Å². The second-order valence-electron chi connectivity index (χ2n) is 5.95. The van der Waals surface area contributed by atoms with Crippen LogP contribution in [0.5, 0.6) is 0 Å². The number of carboxylic acids is 1. The van der Waals surface area contributed by atoms with Crippen molar-refractivity contribution in [2.75, 3.05) is 6.61 Å². The van der Waals surface area contributed by atoms with Crippen molar-refractivity contribution in [3.63, 3.8) is 0 Å². The predicted octanol–water partition coefficient (Wildman–Crippen LogP) is 2.74. The van der Waals surface area contributed by atoms with Gasteiger partial charge in [0.15, 0.2) is 0 Å². The van der Waals surface area contributed by atoms with Gasteiger partial charge in [-0.1, -0.05) is 36.4 Å². The van der Waals surface area contributed by atoms with Gasteiger partial charge in [0.05, 0.1) is 19.3 Å². The van der Waals surface area contributed by atoms with Crippen LogP contribution < -0.4 is 5.32 Å². The molecule has 0 saturated carbocycles. The fraction of sp³-hybridized carbons (Fsp3) is 0.412. The summed E-state index contributed by atoms with van der Waals surface area (Å²) in [5.74, 6) is -1.09. The normalized spacial score (nSPS) is 12.8. The zero-order chi connectivity index (χ0) is 17.3. The lowest BCUT2D eigenvalue weighted by molar-refractivity contribution is -0.131. The number of carbonyl (C=O) groups excluding carboxylic acids is 1. The Balaban J connectivity index is 2.54. The van der Waals surface area contributed by atoms with Gasteiger partial charge in [-0.05, 0) is 26.3 Å². The van der Waals surface area contributed by atoms with Gasteiger partial charge in [0, 0.05) is 6.08 Å². The van der Waals surface area contributed by atoms with Gasteiger partial charge in [-0.25, -0.2) is 9.59 Å². The Bertz CT molecular complexity index is 534. The first-order chi connectivity index (χ1) is 10.8. The van der Waals surface area contributed by atoms with E-state index in [2.05, 4.69) is 5.32 Å². The number of alkyl carbamates (subject to hydrolysis) is 1. The van der Waals surface area contributed by atoms with Crippen molar-refractivity contribution in [1.29, 1.82) is 0 Å². The first-order valence-corrected chi connectivity index (χ1v) is 7.28. The molecule has 0 unspecified atom stereocenters. The minimum absolute atomic E-state index is 0.137. The number of hydrogen-bond acceptors (Lipinski definition) is 4. The summed E-state index contributed by atoms with van der Waals surface area (Å²) >= 11 is 0. The molecule has 1 aromatic carbocycles. The van der Waals surface area contributed by atoms with Crippen molar-refractivity contribution >= 4 is 12.1 Å². The van der Waals surface area contributed by atoms with Gasteiger partial charge in [-0.2, -0.15) is 0 Å². The highest BCUT2D eigenvalue weighted by Gasteiger charge is 2.18. The van der Waals surface area contributed by atoms with Crippen LogP contribution in [0, 0.1) is 0 Å². The smallest absolute Gasteiger partial charge is 0.408 e. The van der Waals surface area contributed by atoms with E-state index in [1.165, 1.54) is 6.08 Å². The molecular weight excluding hydrogens is 298 g/mol. The molecule has 1 rings (SSSR count). The van der Waals surface area contributed by atoms with Gasteiger partial charge < -0.3 is 19.9 Å². The molecule has 0 fully saturated rings. The zero-order valence-corrected chi connectivity index (χ0v) is 13.6. The first kappa shape index (κ1) is 18.7. The molecule has 6 heteroatoms. The molecule has 0 spiro atoms. The summed E-state index contributed by atoms with van der Waals surface area (Å²) in [5, 5.41) is 11.3. The third-order valence-electron chi connectivity index (χ3n) is 2.58. The number of nitrogens with one attached hydrogen (secondary N) is 1. The van der Waals surface area contributed by atoms with Crippen LogP contribution in [0.25, 0.3) is 0 Å². The van der Waals surface area contributed by atoms with Gasteiger partial charge in [0.1, 0.15) is 5.60 Å². The van der Waals surface area contributed by atoms with Crippen molar-refractivity contribution in [1.82, 2.24) is 5.32 Å². The van der Waals surface area contributed by atoms with Crippen LogP contribution in [0.3, 0.4) is 0 Å². The largest absolute Gasteiger partial charge is 0.478 e. The van der Waals surface area contributed by atoms with Gasteiger partial charge in [0.25, 0.3) is 0 Å². The van der Waals surface area contributed by atoms with E-state index in [0.29, 0.717) is 6.61 Å². The van der Waals surface area contributed by atoms with Crippen molar-refractivity contribution in [3.05, 3.63) is 48.0 Å². The molecule has 0 aliphatic rings. The molecule has 1 aromatic rings. The highest BCUT2D eigenvalue weighted by atomic mass is 16.6. The van der Waals surface area contributed by atoms with Crippen LogP contribution in [0.15, 0.2) is 42.5 Å². The number of ether oxygens (including phenoxy) is 2. The molecule has 126 valence electrons. The molecule has 0 aromatic heterocycles. The molecule has 23 heavy (non-hydrogen) atoms. The SMILES string of the molecule is CC(C)(C)OC(=O)N[C@@H](/C=C\C(=O)O)COCc1ccccc1. The quantitative estimate of drug-likeness (QED) is 0.754. The third kappa shape index (κ3) is 9.31. The van der Waals surface area contributed by atoms with E-state index in [4.69, 9.17) is 14.6 Å². The highest BCUT2D eigenvalue weighted by Crippen LogP contribution is 2.07. The number of amides is 1. The van der Waals surface area contributed by atoms with E-state index in [-0.39, 0.29) is 6.61 Å². The summed E-state index contributed by atoms with van der Waals surface area (Å²) in [6.45, 7) is 5.76. The molecule has 0 heterocycles. The molecule has 0 aliphatic carbocycles. The third-order valence-corrected chi connectivity index (χ3v) is 2.58. The van der Waals surface area contributed by atoms with E-state index in [9.17, 15) is 9.59 Å². The number of carboxylic acid groups (broad SMARTS) is 1. The summed E-state index contributed by atoms with van der Waals surface area (Å²) in [6.07, 6.45) is 1.70. The topological polar surface area (TPSA) is 84.9 Å². The number of hydrogen-bond donors (Lipinski definition) is 2. The summed E-state index contributed by atoms with van der Waals surface area (Å²) in [4.78, 5) is 22.4. The lowest BCUT2D eigenvalue weighted by atomic mass is 10.2. The summed E-state index contributed by atoms with van der Waals surface area (Å²) in [6, 6.07) is 8.96. The molecule has 0 aliphatic heterocycles. The molecule has 0 radical (unpaired) electrons. The van der Waals surface area contributed by atoms with Crippen LogP contribution in [0.1, 0.15) is 26.3 Å². The van der Waals surface area contributed by atoms with E-state index in [0.717, 1.165) is 11.6 Å². The monoisotopic (exact) mass is 321 g/mol. The molecule has 1 amide bonds. The van der Waals surface area contributed by atoms with Gasteiger partial charge in [0.2, 0.25) is 0 Å². The number of benzene rings is 1. The maximum Gasteiger partial charge on any atom is 0.408 e. The minimum atomic E-state index is -1.09. The van der Waals surface area contributed by atoms with Crippen molar-refractivity contribution in [2.24, 2.45) is 0 Å². The van der Waals surface area contributed by atoms with Crippen LogP contribution in [-0.2, 0) is 20.9 Å². The molecule has 6 nitrogen and oxygen atoms in total. The number of aliphatic carboxylic acids is 1. The van der Waals surface area contributed by atoms with Crippen molar-refractivity contribution in [3.8, 4) is 0 Å². The average Bonchev–Trinajstić information content (AvgIpc) is 2.43. The van der Waals surface area contributed by atoms with Crippen LogP contribution in [0.2, 0.25) is 0 Å². The second-order valence-corrected chi connectivity index (χ2v) is 5.95. The molecule has 0 saturated heterocycles. The van der Waals surface area contributed by atoms with Crippen molar-refractivity contribution in [2.45, 2.75) is 39.0 Å². The fourth-order valence-electron chi connectivity index (χ4n) is 1.68. The van der Waals surface area contributed by atoms with Gasteiger partial charge in [-0.3, -0.25) is 0 Å². The molecular formula is C17H23NO5. The summed E-state index contributed by atoms with van der Waals surface area (Å²) in [7, 11) is 0. The van der Waals surface area contributed by atoms with Gasteiger partial charge >= 0.3 is 12.1 Å². The predicted molar refractivity (Wildman–Crippen MR) is 86.0 cm³/mol. The summed E-state index contributed by atoms with van der Waals surface area (Å²) in [5.41, 5.74) is 0.362. The maximum atomic E-state index is 11.8. The van der Waals surface area contributed by atoms with E-state index < -0.39 is 23.7 Å². The molecule has 0 bridgehead atoms. The average molecular weight is 321 g/mol. The van der Waals surface area contributed by atoms with E-state index in [1.807, 2.05) is 30.3 Å². The zero-order valence-electron chi connectivity index (χ0n) is 13.6. The van der Waals surface area contributed by atoms with Crippen LogP contribution in [0.4, 0.5) is 4.79 Å². The Kier molecular flexibility index (Phi) is 7.28. The second kappa shape index (κ2) is 8.95. The highest BCUT2D eigenvalue weighted by molar-refractivity contribution is 5.80. The van der Waals surface area contributed by atoms with Crippen LogP contribution >= 0.6 is 0 Å². The van der Waals surface area contributed by atoms with E-state index in [1.54, 1.807) is 20.8 Å². The molecule has 1 atom stereocenters. The number of carbonyl (C=O) groups is 2. The standard InChI is InChI=1S/C17H23NO5/c1-17(2,3)23-16(21)18-14(9-10-15(19)20)12-22-11-13-7-5-4-6-8-13/h4-10,14H,11-12H2,1-3H3,(H,18,21)(H,19,20)/b10-9-/t14-/m0/s1. The summed E-state index contributed by atoms with van der Waals surface area (Å²) < 4.78 is 10.7. The van der Waals surface area contributed by atoms with Gasteiger partial charge in [-0.15, -0.1) is 0 Å². The molecule has 2 N–H and O–H groups in total. The Morgan fingerprint density at radius 2 is 1.91 bits per heavy atom.